The van der Waals surface area contributed by atoms with Crippen LogP contribution in [0.15, 0.2) is 53.4 Å². The van der Waals surface area contributed by atoms with Crippen molar-refractivity contribution < 1.29 is 12.8 Å². The first-order valence-electron chi connectivity index (χ1n) is 9.80. The maximum absolute atomic E-state index is 13.5. The number of aryl methyl sites for hydroxylation is 1. The number of rotatable bonds is 3. The molecule has 0 N–H and O–H groups in total. The Labute approximate surface area is 183 Å². The van der Waals surface area contributed by atoms with Crippen LogP contribution in [0.4, 0.5) is 10.2 Å². The summed E-state index contributed by atoms with van der Waals surface area (Å²) in [5.74, 6) is 0.171. The Morgan fingerprint density at radius 3 is 2.52 bits per heavy atom. The van der Waals surface area contributed by atoms with Crippen molar-refractivity contribution in [2.24, 2.45) is 0 Å². The molecule has 5 rings (SSSR count). The highest BCUT2D eigenvalue weighted by Gasteiger charge is 2.30. The van der Waals surface area contributed by atoms with E-state index in [2.05, 4.69) is 10.00 Å². The van der Waals surface area contributed by atoms with Crippen molar-refractivity contribution in [1.29, 1.82) is 0 Å². The maximum Gasteiger partial charge on any atom is 0.243 e. The molecule has 1 aliphatic rings. The summed E-state index contributed by atoms with van der Waals surface area (Å²) < 4.78 is 42.5. The van der Waals surface area contributed by atoms with Gasteiger partial charge in [-0.1, -0.05) is 29.8 Å². The van der Waals surface area contributed by atoms with Gasteiger partial charge in [0.05, 0.1) is 16.1 Å². The molecule has 1 aliphatic heterocycles. The van der Waals surface area contributed by atoms with Crippen LogP contribution in [0.3, 0.4) is 0 Å². The molecule has 3 heterocycles. The number of halogens is 2. The fraction of sp³-hybridized carbons (Fsp3) is 0.238. The second kappa shape index (κ2) is 7.44. The lowest BCUT2D eigenvalue weighted by atomic mass is 10.2. The van der Waals surface area contributed by atoms with Crippen molar-refractivity contribution in [3.8, 4) is 0 Å². The number of hydrogen-bond acceptors (Lipinski definition) is 5. The fourth-order valence-electron chi connectivity index (χ4n) is 3.93. The number of sulfonamides is 1. The Balaban J connectivity index is 1.49. The van der Waals surface area contributed by atoms with Crippen LogP contribution in [-0.2, 0) is 10.0 Å². The molecule has 0 atom stereocenters. The predicted molar refractivity (Wildman–Crippen MR) is 118 cm³/mol. The number of nitrogens with zero attached hydrogens (tertiary/aromatic N) is 5. The van der Waals surface area contributed by atoms with Crippen LogP contribution in [-0.4, -0.2) is 53.5 Å². The molecule has 0 radical (unpaired) electrons. The van der Waals surface area contributed by atoms with Crippen molar-refractivity contribution in [3.63, 3.8) is 0 Å². The topological polar surface area (TPSA) is 70.8 Å². The number of piperazine rings is 1. The van der Waals surface area contributed by atoms with E-state index < -0.39 is 15.8 Å². The third-order valence-corrected chi connectivity index (χ3v) is 7.86. The molecule has 10 heteroatoms. The Morgan fingerprint density at radius 2 is 1.77 bits per heavy atom. The van der Waals surface area contributed by atoms with E-state index in [1.54, 1.807) is 4.52 Å². The highest BCUT2D eigenvalue weighted by atomic mass is 35.5. The monoisotopic (exact) mass is 459 g/mol. The maximum atomic E-state index is 13.5. The molecule has 7 nitrogen and oxygen atoms in total. The van der Waals surface area contributed by atoms with Gasteiger partial charge in [0.15, 0.2) is 5.65 Å². The van der Waals surface area contributed by atoms with Gasteiger partial charge in [0, 0.05) is 31.6 Å². The molecule has 0 spiro atoms. The van der Waals surface area contributed by atoms with Crippen LogP contribution >= 0.6 is 11.6 Å². The lowest BCUT2D eigenvalue weighted by Crippen LogP contribution is -2.49. The van der Waals surface area contributed by atoms with Crippen LogP contribution < -0.4 is 4.90 Å². The van der Waals surface area contributed by atoms with Crippen molar-refractivity contribution in [3.05, 3.63) is 65.1 Å². The van der Waals surface area contributed by atoms with E-state index in [-0.39, 0.29) is 18.0 Å². The molecule has 31 heavy (non-hydrogen) atoms. The fourth-order valence-corrected chi connectivity index (χ4v) is 5.54. The zero-order chi connectivity index (χ0) is 21.8. The summed E-state index contributed by atoms with van der Waals surface area (Å²) in [7, 11) is -3.76. The van der Waals surface area contributed by atoms with Crippen LogP contribution in [0.1, 0.15) is 5.69 Å². The van der Waals surface area contributed by atoms with Gasteiger partial charge in [-0.15, -0.1) is 0 Å². The van der Waals surface area contributed by atoms with Gasteiger partial charge in [-0.2, -0.15) is 9.40 Å². The molecular weight excluding hydrogens is 441 g/mol. The summed E-state index contributed by atoms with van der Waals surface area (Å²) in [5, 5.41) is 5.91. The van der Waals surface area contributed by atoms with Crippen LogP contribution in [0.2, 0.25) is 5.02 Å². The minimum Gasteiger partial charge on any atom is -0.353 e. The molecule has 0 bridgehead atoms. The molecule has 4 aromatic rings. The van der Waals surface area contributed by atoms with Crippen molar-refractivity contribution in [1.82, 2.24) is 18.9 Å². The highest BCUT2D eigenvalue weighted by Crippen LogP contribution is 2.31. The van der Waals surface area contributed by atoms with Crippen molar-refractivity contribution >= 4 is 44.0 Å². The highest BCUT2D eigenvalue weighted by molar-refractivity contribution is 7.89. The second-order valence-electron chi connectivity index (χ2n) is 7.44. The lowest BCUT2D eigenvalue weighted by molar-refractivity contribution is 0.384. The average Bonchev–Trinajstić information content (AvgIpc) is 3.07. The van der Waals surface area contributed by atoms with Gasteiger partial charge in [-0.25, -0.2) is 22.3 Å². The van der Waals surface area contributed by atoms with Crippen molar-refractivity contribution in [2.75, 3.05) is 31.1 Å². The zero-order valence-corrected chi connectivity index (χ0v) is 18.2. The molecule has 2 aromatic heterocycles. The van der Waals surface area contributed by atoms with Gasteiger partial charge in [0.2, 0.25) is 10.0 Å². The molecular formula is C21H19ClFN5O2S. The molecule has 1 fully saturated rings. The van der Waals surface area contributed by atoms with Gasteiger partial charge in [0.25, 0.3) is 0 Å². The number of benzene rings is 2. The quantitative estimate of drug-likeness (QED) is 0.469. The van der Waals surface area contributed by atoms with E-state index in [1.165, 1.54) is 22.5 Å². The summed E-state index contributed by atoms with van der Waals surface area (Å²) in [6.45, 7) is 3.28. The number of hydrogen-bond donors (Lipinski definition) is 0. The summed E-state index contributed by atoms with van der Waals surface area (Å²) in [4.78, 5) is 6.80. The third-order valence-electron chi connectivity index (χ3n) is 5.52. The third kappa shape index (κ3) is 3.33. The summed E-state index contributed by atoms with van der Waals surface area (Å²) in [6.07, 6.45) is 0. The van der Waals surface area contributed by atoms with Crippen LogP contribution in [0.5, 0.6) is 0 Å². The van der Waals surface area contributed by atoms with Gasteiger partial charge >= 0.3 is 0 Å². The minimum atomic E-state index is -3.76. The molecule has 0 unspecified atom stereocenters. The first-order valence-corrected chi connectivity index (χ1v) is 11.6. The standard InChI is InChI=1S/C21H19ClFN5O2S/c1-14-19(22)21-24-20(17-7-2-3-8-18(17)28(21)25-14)26-9-11-27(12-10-26)31(29,30)16-6-4-5-15(23)13-16/h2-8,13H,9-12H2,1H3. The molecule has 1 saturated heterocycles. The zero-order valence-electron chi connectivity index (χ0n) is 16.7. The van der Waals surface area contributed by atoms with Gasteiger partial charge < -0.3 is 4.90 Å². The largest absolute Gasteiger partial charge is 0.353 e. The Kier molecular flexibility index (Phi) is 4.84. The number of fused-ring (bicyclic) bond motifs is 3. The second-order valence-corrected chi connectivity index (χ2v) is 9.75. The van der Waals surface area contributed by atoms with Gasteiger partial charge in [0.1, 0.15) is 16.7 Å². The SMILES string of the molecule is Cc1nn2c(nc(N3CCN(S(=O)(=O)c4cccc(F)c4)CC3)c3ccccc32)c1Cl. The van der Waals surface area contributed by atoms with Crippen molar-refractivity contribution in [2.45, 2.75) is 11.8 Å². The smallest absolute Gasteiger partial charge is 0.243 e. The molecule has 160 valence electrons. The van der Waals surface area contributed by atoms with E-state index in [1.807, 2.05) is 31.2 Å². The first-order chi connectivity index (χ1) is 14.9. The summed E-state index contributed by atoms with van der Waals surface area (Å²) >= 11 is 6.43. The number of para-hydroxylation sites is 1. The first kappa shape index (κ1) is 20.2. The Hall–Kier alpha value is -2.75. The van der Waals surface area contributed by atoms with E-state index >= 15 is 0 Å². The Morgan fingerprint density at radius 1 is 1.03 bits per heavy atom. The van der Waals surface area contributed by atoms with Gasteiger partial charge in [-0.05, 0) is 37.3 Å². The normalized spacial score (nSPS) is 15.8. The predicted octanol–water partition coefficient (Wildman–Crippen LogP) is 3.49. The summed E-state index contributed by atoms with van der Waals surface area (Å²) in [5.41, 5.74) is 2.15. The number of aromatic nitrogens is 3. The molecule has 2 aromatic carbocycles. The Bertz CT molecular complexity index is 1410. The van der Waals surface area contributed by atoms with Gasteiger partial charge in [-0.3, -0.25) is 0 Å². The van der Waals surface area contributed by atoms with E-state index in [0.29, 0.717) is 29.5 Å². The average molecular weight is 460 g/mol. The van der Waals surface area contributed by atoms with E-state index in [0.717, 1.165) is 22.8 Å². The van der Waals surface area contributed by atoms with E-state index in [9.17, 15) is 12.8 Å². The van der Waals surface area contributed by atoms with Crippen LogP contribution in [0.25, 0.3) is 16.6 Å². The lowest BCUT2D eigenvalue weighted by Gasteiger charge is -2.35. The molecule has 0 saturated carbocycles. The van der Waals surface area contributed by atoms with Crippen LogP contribution in [0, 0.1) is 12.7 Å². The summed E-state index contributed by atoms with van der Waals surface area (Å²) in [6, 6.07) is 12.9. The van der Waals surface area contributed by atoms with E-state index in [4.69, 9.17) is 16.6 Å². The minimum absolute atomic E-state index is 0.0348. The number of anilines is 1. The molecule has 0 aliphatic carbocycles. The molecule has 0 amide bonds.